The number of rotatable bonds is 5. The zero-order valence-corrected chi connectivity index (χ0v) is 12.6. The summed E-state index contributed by atoms with van der Waals surface area (Å²) in [4.78, 5) is 4.24. The van der Waals surface area contributed by atoms with E-state index in [0.717, 1.165) is 40.7 Å². The van der Waals surface area contributed by atoms with Gasteiger partial charge in [0.2, 0.25) is 0 Å². The Hall–Kier alpha value is -2.53. The van der Waals surface area contributed by atoms with E-state index < -0.39 is 0 Å². The molecule has 2 heterocycles. The van der Waals surface area contributed by atoms with Gasteiger partial charge in [-0.3, -0.25) is 0 Å². The van der Waals surface area contributed by atoms with E-state index in [1.165, 1.54) is 0 Å². The maximum absolute atomic E-state index is 5.85. The number of pyridine rings is 1. The lowest BCUT2D eigenvalue weighted by molar-refractivity contribution is 0.415. The van der Waals surface area contributed by atoms with Crippen LogP contribution in [0.1, 0.15) is 6.42 Å². The molecule has 0 unspecified atom stereocenters. The third kappa shape index (κ3) is 2.63. The van der Waals surface area contributed by atoms with Crippen LogP contribution < -0.4 is 16.2 Å². The Morgan fingerprint density at radius 1 is 1.27 bits per heavy atom. The van der Waals surface area contributed by atoms with Gasteiger partial charge in [0.25, 0.3) is 0 Å². The molecule has 0 bridgehead atoms. The number of nitrogens with zero attached hydrogens (tertiary/aromatic N) is 2. The number of nitrogen functional groups attached to an aromatic ring is 1. The van der Waals surface area contributed by atoms with Crippen molar-refractivity contribution in [1.29, 1.82) is 0 Å². The first-order chi connectivity index (χ1) is 10.7. The minimum Gasteiger partial charge on any atom is -0.497 e. The first kappa shape index (κ1) is 14.4. The molecule has 0 aliphatic heterocycles. The first-order valence-electron chi connectivity index (χ1n) is 7.32. The zero-order valence-electron chi connectivity index (χ0n) is 12.6. The van der Waals surface area contributed by atoms with E-state index in [0.29, 0.717) is 12.4 Å². The molecule has 0 atom stereocenters. The molecule has 0 radical (unpaired) electrons. The van der Waals surface area contributed by atoms with Gasteiger partial charge in [0.15, 0.2) is 0 Å². The lowest BCUT2D eigenvalue weighted by atomic mass is 10.1. The second-order valence-corrected chi connectivity index (χ2v) is 5.24. The number of nitrogens with two attached hydrogens (primary N) is 2. The summed E-state index contributed by atoms with van der Waals surface area (Å²) >= 11 is 0. The molecule has 3 aromatic rings. The molecule has 22 heavy (non-hydrogen) atoms. The van der Waals surface area contributed by atoms with Gasteiger partial charge in [0, 0.05) is 36.0 Å². The summed E-state index contributed by atoms with van der Waals surface area (Å²) in [5.41, 5.74) is 14.8. The van der Waals surface area contributed by atoms with Crippen LogP contribution in [-0.2, 0) is 6.54 Å². The Bertz CT molecular complexity index is 794. The molecule has 4 N–H and O–H groups in total. The molecular formula is C17H20N4O. The lowest BCUT2D eigenvalue weighted by Crippen LogP contribution is -2.05. The Morgan fingerprint density at radius 2 is 2.14 bits per heavy atom. The van der Waals surface area contributed by atoms with E-state index in [1.54, 1.807) is 7.11 Å². The van der Waals surface area contributed by atoms with Crippen LogP contribution in [0.2, 0.25) is 0 Å². The van der Waals surface area contributed by atoms with Crippen LogP contribution in [0.25, 0.3) is 22.0 Å². The maximum Gasteiger partial charge on any atom is 0.125 e. The molecule has 114 valence electrons. The predicted molar refractivity (Wildman–Crippen MR) is 89.8 cm³/mol. The van der Waals surface area contributed by atoms with E-state index in [4.69, 9.17) is 16.2 Å². The average molecular weight is 296 g/mol. The molecule has 0 saturated heterocycles. The van der Waals surface area contributed by atoms with Crippen molar-refractivity contribution in [2.24, 2.45) is 5.73 Å². The van der Waals surface area contributed by atoms with Gasteiger partial charge in [-0.25, -0.2) is 4.98 Å². The topological polar surface area (TPSA) is 79.1 Å². The van der Waals surface area contributed by atoms with Crippen molar-refractivity contribution in [3.05, 3.63) is 42.7 Å². The van der Waals surface area contributed by atoms with Gasteiger partial charge in [-0.05, 0) is 30.7 Å². The number of methoxy groups -OCH3 is 1. The van der Waals surface area contributed by atoms with Crippen LogP contribution in [0.4, 0.5) is 5.82 Å². The number of ether oxygens (including phenoxy) is 1. The van der Waals surface area contributed by atoms with E-state index in [9.17, 15) is 0 Å². The zero-order chi connectivity index (χ0) is 15.5. The van der Waals surface area contributed by atoms with Crippen LogP contribution in [0, 0.1) is 0 Å². The third-order valence-corrected chi connectivity index (χ3v) is 3.77. The fourth-order valence-corrected chi connectivity index (χ4v) is 2.67. The molecule has 5 nitrogen and oxygen atoms in total. The standard InChI is InChI=1S/C17H20N4O/c1-22-13-5-2-4-12(8-13)15-11-21(7-3-6-18)16-9-17(19)20-10-14(15)16/h2,4-5,8-11H,3,6-7,18H2,1H3,(H2,19,20). The van der Waals surface area contributed by atoms with Crippen molar-refractivity contribution in [3.8, 4) is 16.9 Å². The quantitative estimate of drug-likeness (QED) is 0.758. The summed E-state index contributed by atoms with van der Waals surface area (Å²) in [7, 11) is 1.67. The Balaban J connectivity index is 2.16. The molecule has 0 fully saturated rings. The van der Waals surface area contributed by atoms with Crippen LogP contribution in [0.3, 0.4) is 0 Å². The summed E-state index contributed by atoms with van der Waals surface area (Å²) in [6, 6.07) is 9.93. The Kier molecular flexibility index (Phi) is 3.98. The predicted octanol–water partition coefficient (Wildman–Crippen LogP) is 2.64. The van der Waals surface area contributed by atoms with E-state index >= 15 is 0 Å². The highest BCUT2D eigenvalue weighted by atomic mass is 16.5. The maximum atomic E-state index is 5.85. The molecule has 0 saturated carbocycles. The minimum absolute atomic E-state index is 0.525. The van der Waals surface area contributed by atoms with Crippen LogP contribution in [0.5, 0.6) is 5.75 Å². The van der Waals surface area contributed by atoms with Crippen molar-refractivity contribution in [2.45, 2.75) is 13.0 Å². The third-order valence-electron chi connectivity index (χ3n) is 3.77. The minimum atomic E-state index is 0.525. The van der Waals surface area contributed by atoms with Crippen LogP contribution >= 0.6 is 0 Å². The van der Waals surface area contributed by atoms with Crippen molar-refractivity contribution in [3.63, 3.8) is 0 Å². The van der Waals surface area contributed by atoms with Crippen molar-refractivity contribution in [1.82, 2.24) is 9.55 Å². The molecule has 0 amide bonds. The van der Waals surface area contributed by atoms with E-state index in [1.807, 2.05) is 30.5 Å². The van der Waals surface area contributed by atoms with Crippen LogP contribution in [0.15, 0.2) is 42.7 Å². The van der Waals surface area contributed by atoms with Crippen molar-refractivity contribution in [2.75, 3.05) is 19.4 Å². The van der Waals surface area contributed by atoms with Crippen molar-refractivity contribution >= 4 is 16.7 Å². The van der Waals surface area contributed by atoms with E-state index in [2.05, 4.69) is 21.8 Å². The fraction of sp³-hybridized carbons (Fsp3) is 0.235. The Morgan fingerprint density at radius 3 is 2.91 bits per heavy atom. The number of fused-ring (bicyclic) bond motifs is 1. The van der Waals surface area contributed by atoms with Gasteiger partial charge in [-0.1, -0.05) is 12.1 Å². The highest BCUT2D eigenvalue weighted by molar-refractivity contribution is 5.96. The van der Waals surface area contributed by atoms with Gasteiger partial charge in [0.1, 0.15) is 11.6 Å². The number of anilines is 1. The molecule has 5 heteroatoms. The Labute approximate surface area is 129 Å². The highest BCUT2D eigenvalue weighted by Gasteiger charge is 2.11. The highest BCUT2D eigenvalue weighted by Crippen LogP contribution is 2.32. The molecule has 3 rings (SSSR count). The molecule has 0 aliphatic carbocycles. The van der Waals surface area contributed by atoms with Crippen molar-refractivity contribution < 1.29 is 4.74 Å². The SMILES string of the molecule is COc1cccc(-c2cn(CCCN)c3cc(N)ncc23)c1. The van der Waals surface area contributed by atoms with Gasteiger partial charge in [-0.15, -0.1) is 0 Å². The van der Waals surface area contributed by atoms with Gasteiger partial charge in [0.05, 0.1) is 12.6 Å². The first-order valence-corrected chi connectivity index (χ1v) is 7.32. The summed E-state index contributed by atoms with van der Waals surface area (Å²) in [5.74, 6) is 1.36. The number of aryl methyl sites for hydroxylation is 1. The second kappa shape index (κ2) is 6.07. The fourth-order valence-electron chi connectivity index (χ4n) is 2.67. The van der Waals surface area contributed by atoms with Gasteiger partial charge in [-0.2, -0.15) is 0 Å². The molecule has 1 aromatic carbocycles. The molecular weight excluding hydrogens is 276 g/mol. The molecule has 0 spiro atoms. The lowest BCUT2D eigenvalue weighted by Gasteiger charge is -2.03. The summed E-state index contributed by atoms with van der Waals surface area (Å²) < 4.78 is 7.51. The molecule has 0 aliphatic rings. The summed E-state index contributed by atoms with van der Waals surface area (Å²) in [5, 5.41) is 1.08. The number of benzene rings is 1. The summed E-state index contributed by atoms with van der Waals surface area (Å²) in [6.07, 6.45) is 4.89. The van der Waals surface area contributed by atoms with Gasteiger partial charge >= 0.3 is 0 Å². The number of aromatic nitrogens is 2. The number of hydrogen-bond acceptors (Lipinski definition) is 4. The second-order valence-electron chi connectivity index (χ2n) is 5.24. The smallest absolute Gasteiger partial charge is 0.125 e. The monoisotopic (exact) mass is 296 g/mol. The van der Waals surface area contributed by atoms with Gasteiger partial charge < -0.3 is 20.8 Å². The molecule has 2 aromatic heterocycles. The summed E-state index contributed by atoms with van der Waals surface area (Å²) in [6.45, 7) is 1.52. The largest absolute Gasteiger partial charge is 0.497 e. The normalized spacial score (nSPS) is 11.0. The average Bonchev–Trinajstić information content (AvgIpc) is 2.91. The van der Waals surface area contributed by atoms with Crippen LogP contribution in [-0.4, -0.2) is 23.2 Å². The number of hydrogen-bond donors (Lipinski definition) is 2. The van der Waals surface area contributed by atoms with E-state index in [-0.39, 0.29) is 0 Å².